The Morgan fingerprint density at radius 3 is 2.57 bits per heavy atom. The van der Waals surface area contributed by atoms with Gasteiger partial charge in [-0.15, -0.1) is 11.3 Å². The van der Waals surface area contributed by atoms with Gasteiger partial charge in [-0.2, -0.15) is 0 Å². The van der Waals surface area contributed by atoms with Crippen LogP contribution in [0, 0.1) is 5.92 Å². The van der Waals surface area contributed by atoms with Gasteiger partial charge in [0, 0.05) is 31.7 Å². The molecule has 0 saturated carbocycles. The van der Waals surface area contributed by atoms with E-state index in [1.54, 1.807) is 16.0 Å². The molecule has 2 aromatic carbocycles. The zero-order valence-corrected chi connectivity index (χ0v) is 26.7. The van der Waals surface area contributed by atoms with E-state index in [1.807, 2.05) is 0 Å². The maximum atomic E-state index is 5.31. The molecular formula is C42H35N3S. The first-order valence-corrected chi connectivity index (χ1v) is 17.8. The quantitative estimate of drug-likeness (QED) is 0.203. The van der Waals surface area contributed by atoms with Crippen LogP contribution in [0.3, 0.4) is 0 Å². The van der Waals surface area contributed by atoms with Gasteiger partial charge in [0.1, 0.15) is 0 Å². The second-order valence-corrected chi connectivity index (χ2v) is 14.4. The monoisotopic (exact) mass is 613 g/mol. The number of aromatic nitrogens is 3. The fourth-order valence-electron chi connectivity index (χ4n) is 8.63. The van der Waals surface area contributed by atoms with Gasteiger partial charge >= 0.3 is 0 Å². The van der Waals surface area contributed by atoms with Crippen molar-refractivity contribution in [1.82, 2.24) is 14.5 Å². The van der Waals surface area contributed by atoms with Crippen molar-refractivity contribution in [2.24, 2.45) is 5.92 Å². The zero-order valence-electron chi connectivity index (χ0n) is 25.9. The summed E-state index contributed by atoms with van der Waals surface area (Å²) in [5.74, 6) is 1.88. The molecular weight excluding hydrogens is 579 g/mol. The lowest BCUT2D eigenvalue weighted by molar-refractivity contribution is 0.476. The highest BCUT2D eigenvalue weighted by Crippen LogP contribution is 2.53. The highest BCUT2D eigenvalue weighted by atomic mass is 32.1. The predicted molar refractivity (Wildman–Crippen MR) is 193 cm³/mol. The Labute approximate surface area is 273 Å². The molecule has 3 heterocycles. The molecule has 4 heteroatoms. The van der Waals surface area contributed by atoms with Crippen molar-refractivity contribution < 1.29 is 0 Å². The van der Waals surface area contributed by atoms with E-state index in [4.69, 9.17) is 9.97 Å². The Morgan fingerprint density at radius 1 is 0.783 bits per heavy atom. The number of benzene rings is 2. The third kappa shape index (κ3) is 4.02. The molecule has 0 radical (unpaired) electrons. The van der Waals surface area contributed by atoms with Crippen molar-refractivity contribution in [2.75, 3.05) is 0 Å². The number of fused-ring (bicyclic) bond motifs is 10. The minimum atomic E-state index is 0.513. The number of rotatable bonds is 3. The van der Waals surface area contributed by atoms with Gasteiger partial charge in [-0.25, -0.2) is 9.97 Å². The van der Waals surface area contributed by atoms with Gasteiger partial charge < -0.3 is 0 Å². The van der Waals surface area contributed by atoms with Gasteiger partial charge in [0.2, 0.25) is 5.95 Å². The van der Waals surface area contributed by atoms with Crippen LogP contribution in [-0.4, -0.2) is 14.5 Å². The molecule has 0 saturated heterocycles. The van der Waals surface area contributed by atoms with E-state index in [0.717, 1.165) is 55.0 Å². The van der Waals surface area contributed by atoms with Crippen molar-refractivity contribution in [3.63, 3.8) is 0 Å². The highest BCUT2D eigenvalue weighted by Gasteiger charge is 2.37. The zero-order chi connectivity index (χ0) is 30.2. The molecule has 224 valence electrons. The van der Waals surface area contributed by atoms with Crippen LogP contribution in [0.4, 0.5) is 0 Å². The average molecular weight is 614 g/mol. The molecule has 0 aliphatic heterocycles. The molecule has 3 nitrogen and oxygen atoms in total. The summed E-state index contributed by atoms with van der Waals surface area (Å²) in [4.78, 5) is 12.2. The van der Waals surface area contributed by atoms with E-state index in [9.17, 15) is 0 Å². The fourth-order valence-corrected chi connectivity index (χ4v) is 10.0. The molecule has 0 N–H and O–H groups in total. The maximum absolute atomic E-state index is 5.31. The van der Waals surface area contributed by atoms with Gasteiger partial charge in [-0.1, -0.05) is 96.7 Å². The lowest BCUT2D eigenvalue weighted by atomic mass is 9.67. The Morgan fingerprint density at radius 2 is 1.65 bits per heavy atom. The Bertz CT molecular complexity index is 2370. The molecule has 5 aromatic rings. The normalized spacial score (nSPS) is 21.3. The smallest absolute Gasteiger partial charge is 0.235 e. The van der Waals surface area contributed by atoms with Crippen LogP contribution in [-0.2, 0) is 6.42 Å². The predicted octanol–water partition coefficient (Wildman–Crippen LogP) is 9.25. The van der Waals surface area contributed by atoms with Crippen LogP contribution in [0.25, 0.3) is 55.9 Å². The van der Waals surface area contributed by atoms with Crippen molar-refractivity contribution >= 4 is 50.1 Å². The van der Waals surface area contributed by atoms with E-state index in [-0.39, 0.29) is 0 Å². The molecule has 0 bridgehead atoms. The summed E-state index contributed by atoms with van der Waals surface area (Å²) in [6, 6.07) is 17.5. The molecule has 2 atom stereocenters. The summed E-state index contributed by atoms with van der Waals surface area (Å²) >= 11 is 2.06. The molecule has 0 fully saturated rings. The molecule has 0 amide bonds. The summed E-state index contributed by atoms with van der Waals surface area (Å²) in [6.07, 6.45) is 30.3. The second kappa shape index (κ2) is 10.5. The molecule has 5 aliphatic carbocycles. The van der Waals surface area contributed by atoms with E-state index >= 15 is 0 Å². The van der Waals surface area contributed by atoms with Crippen LogP contribution in [0.1, 0.15) is 67.0 Å². The molecule has 3 aromatic heterocycles. The molecule has 46 heavy (non-hydrogen) atoms. The summed E-state index contributed by atoms with van der Waals surface area (Å²) in [5.41, 5.74) is 10.2. The minimum absolute atomic E-state index is 0.513. The molecule has 5 aliphatic rings. The molecule has 0 spiro atoms. The SMILES string of the molecule is C1=CC(c2cc(-c3ccccc3)nc(-n3c4c(c5c6sc7c(c6ccc53)C3C5=C(C=CCC5)C=CC3CC7)=CCCC=4)n2)=CCC1. The lowest BCUT2D eigenvalue weighted by Crippen LogP contribution is -2.31. The van der Waals surface area contributed by atoms with Crippen molar-refractivity contribution in [1.29, 1.82) is 0 Å². The van der Waals surface area contributed by atoms with Gasteiger partial charge in [0.25, 0.3) is 0 Å². The van der Waals surface area contributed by atoms with Crippen molar-refractivity contribution in [3.8, 4) is 17.2 Å². The topological polar surface area (TPSA) is 30.7 Å². The standard InChI is InChI=1S/C42H35N3S/c1-3-12-27(13-4-1)33-25-34(28-14-5-2-6-15-28)44-42(43-33)45-35-18-10-9-17-31(35)39-36(45)23-22-32-40-37(46-41(32)39)24-21-29-20-19-26-11-7-8-16-30(26)38(29)40/h1,3-5,7,11-15,17-20,22-23,25,29,38H,2,6,8-10,16,21,24H2. The molecule has 2 unspecified atom stereocenters. The number of hydrogen-bond donors (Lipinski definition) is 0. The largest absolute Gasteiger partial charge is 0.278 e. The first-order chi connectivity index (χ1) is 22.8. The number of nitrogens with zero attached hydrogens (tertiary/aromatic N) is 3. The third-order valence-corrected chi connectivity index (χ3v) is 12.0. The summed E-state index contributed by atoms with van der Waals surface area (Å²) < 4.78 is 3.81. The number of allylic oxidation sites excluding steroid dienone is 10. The summed E-state index contributed by atoms with van der Waals surface area (Å²) in [6.45, 7) is 0. The van der Waals surface area contributed by atoms with Crippen LogP contribution in [0.5, 0.6) is 0 Å². The lowest BCUT2D eigenvalue weighted by Gasteiger charge is -2.37. The van der Waals surface area contributed by atoms with Crippen LogP contribution in [0.2, 0.25) is 0 Å². The maximum Gasteiger partial charge on any atom is 0.235 e. The van der Waals surface area contributed by atoms with Crippen molar-refractivity contribution in [3.05, 3.63) is 129 Å². The minimum Gasteiger partial charge on any atom is -0.278 e. The van der Waals surface area contributed by atoms with Gasteiger partial charge in [0.15, 0.2) is 0 Å². The first-order valence-electron chi connectivity index (χ1n) is 17.0. The van der Waals surface area contributed by atoms with E-state index in [2.05, 4.69) is 119 Å². The summed E-state index contributed by atoms with van der Waals surface area (Å²) in [5, 5.41) is 5.45. The van der Waals surface area contributed by atoms with Crippen LogP contribution in [0.15, 0.2) is 102 Å². The Hall–Kier alpha value is -4.54. The van der Waals surface area contributed by atoms with Gasteiger partial charge in [-0.05, 0) is 91.5 Å². The van der Waals surface area contributed by atoms with Gasteiger partial charge in [0.05, 0.1) is 22.3 Å². The molecule has 10 rings (SSSR count). The van der Waals surface area contributed by atoms with E-state index in [1.165, 1.54) is 62.0 Å². The fraction of sp³-hybridized carbons (Fsp3) is 0.238. The third-order valence-electron chi connectivity index (χ3n) is 10.7. The Kier molecular flexibility index (Phi) is 6.08. The van der Waals surface area contributed by atoms with Gasteiger partial charge in [-0.3, -0.25) is 4.57 Å². The first kappa shape index (κ1) is 26.7. The van der Waals surface area contributed by atoms with Crippen molar-refractivity contribution in [2.45, 2.75) is 57.3 Å². The van der Waals surface area contributed by atoms with E-state index in [0.29, 0.717) is 11.8 Å². The highest BCUT2D eigenvalue weighted by molar-refractivity contribution is 7.20. The van der Waals surface area contributed by atoms with Crippen LogP contribution >= 0.6 is 11.3 Å². The summed E-state index contributed by atoms with van der Waals surface area (Å²) in [7, 11) is 0. The number of hydrogen-bond acceptors (Lipinski definition) is 3. The van der Waals surface area contributed by atoms with Crippen LogP contribution < -0.4 is 10.6 Å². The second-order valence-electron chi connectivity index (χ2n) is 13.3. The number of aryl methyl sites for hydroxylation is 1. The number of thiophene rings is 1. The van der Waals surface area contributed by atoms with E-state index < -0.39 is 0 Å². The Balaban J connectivity index is 1.24. The average Bonchev–Trinajstić information content (AvgIpc) is 3.68.